The van der Waals surface area contributed by atoms with Crippen molar-refractivity contribution in [3.8, 4) is 5.75 Å². The molecule has 3 nitrogen and oxygen atoms in total. The molecule has 116 valence electrons. The van der Waals surface area contributed by atoms with Crippen LogP contribution in [0.15, 0.2) is 12.1 Å². The summed E-state index contributed by atoms with van der Waals surface area (Å²) in [6, 6.07) is 3.30. The van der Waals surface area contributed by atoms with Crippen LogP contribution in [0.4, 0.5) is 0 Å². The van der Waals surface area contributed by atoms with Gasteiger partial charge in [-0.15, -0.1) is 0 Å². The first-order chi connectivity index (χ1) is 9.78. The number of nitrogens with zero attached hydrogens (tertiary/aromatic N) is 1. The number of carbonyl (C=O) groups is 1. The van der Waals surface area contributed by atoms with Crippen LogP contribution in [-0.4, -0.2) is 28.9 Å². The molecule has 2 rings (SSSR count). The fraction of sp³-hybridized carbons (Fsp3) is 0.588. The molecule has 1 N–H and O–H groups in total. The topological polar surface area (TPSA) is 40.5 Å². The standard InChI is InChI=1S/C17H24ClNO2/c1-12(20)15-10-14(18)9-13(16(15)21)11-19-7-4-5-17(2,3)6-8-19/h9-10,21H,4-8,11H2,1-3H3. The lowest BCUT2D eigenvalue weighted by atomic mass is 9.85. The first kappa shape index (κ1) is 16.3. The van der Waals surface area contributed by atoms with E-state index in [-0.39, 0.29) is 11.5 Å². The van der Waals surface area contributed by atoms with Crippen molar-refractivity contribution in [2.75, 3.05) is 13.1 Å². The Morgan fingerprint density at radius 1 is 1.33 bits per heavy atom. The Morgan fingerprint density at radius 2 is 2.05 bits per heavy atom. The number of phenols is 1. The molecule has 0 saturated carbocycles. The largest absolute Gasteiger partial charge is 0.507 e. The van der Waals surface area contributed by atoms with E-state index in [1.165, 1.54) is 19.4 Å². The molecule has 1 aromatic rings. The summed E-state index contributed by atoms with van der Waals surface area (Å²) in [5.41, 5.74) is 1.44. The van der Waals surface area contributed by atoms with Gasteiger partial charge in [0.1, 0.15) is 5.75 Å². The van der Waals surface area contributed by atoms with Gasteiger partial charge in [-0.05, 0) is 56.8 Å². The second kappa shape index (κ2) is 6.37. The maximum Gasteiger partial charge on any atom is 0.163 e. The molecule has 1 fully saturated rings. The quantitative estimate of drug-likeness (QED) is 0.848. The number of likely N-dealkylation sites (tertiary alicyclic amines) is 1. The van der Waals surface area contributed by atoms with Crippen LogP contribution in [0, 0.1) is 5.41 Å². The summed E-state index contributed by atoms with van der Waals surface area (Å²) in [4.78, 5) is 13.9. The monoisotopic (exact) mass is 309 g/mol. The third kappa shape index (κ3) is 4.21. The van der Waals surface area contributed by atoms with Crippen molar-refractivity contribution in [3.05, 3.63) is 28.3 Å². The molecule has 0 aliphatic carbocycles. The summed E-state index contributed by atoms with van der Waals surface area (Å²) in [6.45, 7) is 8.73. The van der Waals surface area contributed by atoms with Crippen LogP contribution in [0.25, 0.3) is 0 Å². The van der Waals surface area contributed by atoms with Crippen LogP contribution in [0.1, 0.15) is 56.0 Å². The number of rotatable bonds is 3. The first-order valence-corrected chi connectivity index (χ1v) is 7.91. The minimum Gasteiger partial charge on any atom is -0.507 e. The first-order valence-electron chi connectivity index (χ1n) is 7.53. The van der Waals surface area contributed by atoms with E-state index in [1.54, 1.807) is 6.07 Å². The predicted octanol–water partition coefficient (Wildman–Crippen LogP) is 4.26. The maximum absolute atomic E-state index is 11.6. The fourth-order valence-electron chi connectivity index (χ4n) is 2.92. The van der Waals surface area contributed by atoms with Crippen LogP contribution in [0.2, 0.25) is 5.02 Å². The van der Waals surface area contributed by atoms with Gasteiger partial charge in [-0.1, -0.05) is 25.4 Å². The molecule has 1 aliphatic heterocycles. The second-order valence-corrected chi connectivity index (χ2v) is 7.25. The van der Waals surface area contributed by atoms with Crippen LogP contribution in [-0.2, 0) is 6.54 Å². The lowest BCUT2D eigenvalue weighted by molar-refractivity contribution is 0.101. The van der Waals surface area contributed by atoms with E-state index in [0.29, 0.717) is 22.5 Å². The molecule has 0 radical (unpaired) electrons. The molecule has 0 atom stereocenters. The van der Waals surface area contributed by atoms with Gasteiger partial charge in [0, 0.05) is 17.1 Å². The minimum atomic E-state index is -0.159. The van der Waals surface area contributed by atoms with Gasteiger partial charge in [-0.25, -0.2) is 0 Å². The average Bonchev–Trinajstić information content (AvgIpc) is 2.54. The highest BCUT2D eigenvalue weighted by atomic mass is 35.5. The van der Waals surface area contributed by atoms with E-state index in [4.69, 9.17) is 11.6 Å². The summed E-state index contributed by atoms with van der Waals surface area (Å²) >= 11 is 6.08. The molecule has 4 heteroatoms. The van der Waals surface area contributed by atoms with E-state index in [0.717, 1.165) is 31.5 Å². The normalized spacial score (nSPS) is 19.2. The van der Waals surface area contributed by atoms with Gasteiger partial charge >= 0.3 is 0 Å². The Balaban J connectivity index is 2.18. The van der Waals surface area contributed by atoms with Crippen molar-refractivity contribution in [3.63, 3.8) is 0 Å². The molecule has 1 aliphatic rings. The number of halogens is 1. The molecule has 1 aromatic carbocycles. The van der Waals surface area contributed by atoms with Crippen LogP contribution >= 0.6 is 11.6 Å². The van der Waals surface area contributed by atoms with Gasteiger partial charge < -0.3 is 5.11 Å². The molecule has 0 spiro atoms. The Morgan fingerprint density at radius 3 is 2.71 bits per heavy atom. The fourth-order valence-corrected chi connectivity index (χ4v) is 3.16. The van der Waals surface area contributed by atoms with Gasteiger partial charge in [-0.2, -0.15) is 0 Å². The lowest BCUT2D eigenvalue weighted by Crippen LogP contribution is -2.25. The molecule has 1 saturated heterocycles. The summed E-state index contributed by atoms with van der Waals surface area (Å²) < 4.78 is 0. The number of phenolic OH excluding ortho intramolecular Hbond substituents is 1. The third-order valence-electron chi connectivity index (χ3n) is 4.36. The summed E-state index contributed by atoms with van der Waals surface area (Å²) in [5, 5.41) is 10.8. The number of hydrogen-bond donors (Lipinski definition) is 1. The number of ketones is 1. The Kier molecular flexibility index (Phi) is 4.95. The van der Waals surface area contributed by atoms with E-state index >= 15 is 0 Å². The van der Waals surface area contributed by atoms with Gasteiger partial charge in [0.25, 0.3) is 0 Å². The van der Waals surface area contributed by atoms with Crippen LogP contribution < -0.4 is 0 Å². The Hall–Kier alpha value is -1.06. The lowest BCUT2D eigenvalue weighted by Gasteiger charge is -2.23. The average molecular weight is 310 g/mol. The van der Waals surface area contributed by atoms with Gasteiger partial charge in [-0.3, -0.25) is 9.69 Å². The highest BCUT2D eigenvalue weighted by Gasteiger charge is 2.24. The summed E-state index contributed by atoms with van der Waals surface area (Å²) in [5.74, 6) is -0.0799. The van der Waals surface area contributed by atoms with Gasteiger partial charge in [0.05, 0.1) is 5.56 Å². The highest BCUT2D eigenvalue weighted by molar-refractivity contribution is 6.31. The van der Waals surface area contributed by atoms with Crippen molar-refractivity contribution in [1.29, 1.82) is 0 Å². The number of Topliss-reactive ketones (excluding diaryl/α,β-unsaturated/α-hetero) is 1. The summed E-state index contributed by atoms with van der Waals surface area (Å²) in [7, 11) is 0. The summed E-state index contributed by atoms with van der Waals surface area (Å²) in [6.07, 6.45) is 3.53. The third-order valence-corrected chi connectivity index (χ3v) is 4.58. The molecule has 0 unspecified atom stereocenters. The molecule has 0 bridgehead atoms. The Labute approximate surface area is 131 Å². The second-order valence-electron chi connectivity index (χ2n) is 6.81. The van der Waals surface area contributed by atoms with Crippen molar-refractivity contribution < 1.29 is 9.90 Å². The molecule has 0 aromatic heterocycles. The van der Waals surface area contributed by atoms with Gasteiger partial charge in [0.15, 0.2) is 5.78 Å². The highest BCUT2D eigenvalue weighted by Crippen LogP contribution is 2.32. The van der Waals surface area contributed by atoms with E-state index in [2.05, 4.69) is 18.7 Å². The molecular weight excluding hydrogens is 286 g/mol. The van der Waals surface area contributed by atoms with Crippen LogP contribution in [0.5, 0.6) is 5.75 Å². The smallest absolute Gasteiger partial charge is 0.163 e. The zero-order valence-corrected chi connectivity index (χ0v) is 13.8. The minimum absolute atomic E-state index is 0.0791. The maximum atomic E-state index is 11.6. The van der Waals surface area contributed by atoms with Crippen molar-refractivity contribution >= 4 is 17.4 Å². The van der Waals surface area contributed by atoms with Gasteiger partial charge in [0.2, 0.25) is 0 Å². The van der Waals surface area contributed by atoms with Crippen molar-refractivity contribution in [2.24, 2.45) is 5.41 Å². The molecular formula is C17H24ClNO2. The SMILES string of the molecule is CC(=O)c1cc(Cl)cc(CN2CCCC(C)(C)CC2)c1O. The Bertz CT molecular complexity index is 540. The van der Waals surface area contributed by atoms with E-state index in [9.17, 15) is 9.90 Å². The van der Waals surface area contributed by atoms with E-state index < -0.39 is 0 Å². The molecule has 0 amide bonds. The zero-order valence-electron chi connectivity index (χ0n) is 13.1. The molecule has 1 heterocycles. The van der Waals surface area contributed by atoms with Crippen molar-refractivity contribution in [1.82, 2.24) is 4.90 Å². The number of benzene rings is 1. The van der Waals surface area contributed by atoms with Crippen molar-refractivity contribution in [2.45, 2.75) is 46.6 Å². The van der Waals surface area contributed by atoms with E-state index in [1.807, 2.05) is 0 Å². The number of aromatic hydroxyl groups is 1. The predicted molar refractivity (Wildman–Crippen MR) is 86.0 cm³/mol. The molecule has 21 heavy (non-hydrogen) atoms. The zero-order chi connectivity index (χ0) is 15.6. The number of carbonyl (C=O) groups excluding carboxylic acids is 1. The van der Waals surface area contributed by atoms with Crippen LogP contribution in [0.3, 0.4) is 0 Å². The number of hydrogen-bond acceptors (Lipinski definition) is 3.